The first kappa shape index (κ1) is 10.6. The van der Waals surface area contributed by atoms with Crippen LogP contribution in [0.15, 0.2) is 12.3 Å². The van der Waals surface area contributed by atoms with Crippen molar-refractivity contribution in [3.8, 4) is 0 Å². The van der Waals surface area contributed by atoms with E-state index in [2.05, 4.69) is 31.4 Å². The van der Waals surface area contributed by atoms with E-state index in [0.29, 0.717) is 0 Å². The van der Waals surface area contributed by atoms with Gasteiger partial charge in [-0.05, 0) is 24.5 Å². The van der Waals surface area contributed by atoms with Crippen LogP contribution in [0.1, 0.15) is 46.0 Å². The average molecular weight is 181 g/mol. The van der Waals surface area contributed by atoms with Crippen LogP contribution in [-0.4, -0.2) is 6.54 Å². The van der Waals surface area contributed by atoms with E-state index in [-0.39, 0.29) is 0 Å². The molecule has 1 rings (SSSR count). The van der Waals surface area contributed by atoms with Gasteiger partial charge in [-0.3, -0.25) is 0 Å². The van der Waals surface area contributed by atoms with Gasteiger partial charge in [0.25, 0.3) is 0 Å². The largest absolute Gasteiger partial charge is 0.391 e. The average Bonchev–Trinajstić information content (AvgIpc) is 2.19. The fourth-order valence-electron chi connectivity index (χ4n) is 2.35. The van der Waals surface area contributed by atoms with E-state index in [0.717, 1.165) is 11.8 Å². The summed E-state index contributed by atoms with van der Waals surface area (Å²) in [5.74, 6) is 1.84. The maximum absolute atomic E-state index is 3.35. The molecule has 1 aliphatic heterocycles. The standard InChI is InChI=1S/C12H23N/c1-3-6-11(7-4-2)12-8-5-9-13-10-12/h5,9,11-13H,3-4,6-8,10H2,1-2H3. The minimum atomic E-state index is 0.893. The van der Waals surface area contributed by atoms with Crippen LogP contribution in [0.2, 0.25) is 0 Å². The molecule has 0 saturated heterocycles. The molecule has 0 saturated carbocycles. The monoisotopic (exact) mass is 181 g/mol. The molecule has 1 aliphatic rings. The normalized spacial score (nSPS) is 21.9. The molecule has 1 atom stereocenters. The Balaban J connectivity index is 2.37. The highest BCUT2D eigenvalue weighted by Gasteiger charge is 2.19. The Morgan fingerprint density at radius 1 is 1.31 bits per heavy atom. The number of hydrogen-bond donors (Lipinski definition) is 1. The minimum Gasteiger partial charge on any atom is -0.391 e. The van der Waals surface area contributed by atoms with E-state index < -0.39 is 0 Å². The second-order valence-corrected chi connectivity index (χ2v) is 4.14. The number of allylic oxidation sites excluding steroid dienone is 1. The SMILES string of the molecule is CCCC(CCC)C1CC=CNC1. The van der Waals surface area contributed by atoms with Crippen molar-refractivity contribution in [2.24, 2.45) is 11.8 Å². The Morgan fingerprint density at radius 2 is 2.00 bits per heavy atom. The summed E-state index contributed by atoms with van der Waals surface area (Å²) in [5, 5.41) is 3.35. The highest BCUT2D eigenvalue weighted by atomic mass is 14.8. The van der Waals surface area contributed by atoms with Gasteiger partial charge in [0.2, 0.25) is 0 Å². The van der Waals surface area contributed by atoms with Gasteiger partial charge >= 0.3 is 0 Å². The molecule has 0 radical (unpaired) electrons. The summed E-state index contributed by atoms with van der Waals surface area (Å²) in [7, 11) is 0. The van der Waals surface area contributed by atoms with Crippen molar-refractivity contribution in [2.75, 3.05) is 6.54 Å². The first-order valence-corrected chi connectivity index (χ1v) is 5.76. The molecule has 1 nitrogen and oxygen atoms in total. The molecule has 0 spiro atoms. The third-order valence-corrected chi connectivity index (χ3v) is 3.04. The molecular formula is C12H23N. The lowest BCUT2D eigenvalue weighted by atomic mass is 9.82. The molecule has 0 amide bonds. The van der Waals surface area contributed by atoms with E-state index in [1.165, 1.54) is 38.6 Å². The summed E-state index contributed by atoms with van der Waals surface area (Å²) in [4.78, 5) is 0. The molecule has 1 unspecified atom stereocenters. The maximum Gasteiger partial charge on any atom is 0.0175 e. The van der Waals surface area contributed by atoms with Gasteiger partial charge in [0.15, 0.2) is 0 Å². The van der Waals surface area contributed by atoms with Crippen LogP contribution in [0.4, 0.5) is 0 Å². The van der Waals surface area contributed by atoms with Crippen LogP contribution in [0.5, 0.6) is 0 Å². The van der Waals surface area contributed by atoms with Crippen molar-refractivity contribution in [1.82, 2.24) is 5.32 Å². The van der Waals surface area contributed by atoms with Crippen molar-refractivity contribution < 1.29 is 0 Å². The quantitative estimate of drug-likeness (QED) is 0.686. The summed E-state index contributed by atoms with van der Waals surface area (Å²) < 4.78 is 0. The van der Waals surface area contributed by atoms with Crippen molar-refractivity contribution in [3.63, 3.8) is 0 Å². The van der Waals surface area contributed by atoms with Gasteiger partial charge in [0.1, 0.15) is 0 Å². The molecule has 0 aromatic carbocycles. The summed E-state index contributed by atoms with van der Waals surface area (Å²) >= 11 is 0. The molecule has 0 aromatic rings. The van der Waals surface area contributed by atoms with Gasteiger partial charge in [-0.2, -0.15) is 0 Å². The van der Waals surface area contributed by atoms with Crippen LogP contribution in [0.25, 0.3) is 0 Å². The van der Waals surface area contributed by atoms with Crippen molar-refractivity contribution in [1.29, 1.82) is 0 Å². The fourth-order valence-corrected chi connectivity index (χ4v) is 2.35. The summed E-state index contributed by atoms with van der Waals surface area (Å²) in [6, 6.07) is 0. The van der Waals surface area contributed by atoms with E-state index in [1.807, 2.05) is 0 Å². The zero-order chi connectivity index (χ0) is 9.52. The summed E-state index contributed by atoms with van der Waals surface area (Å²) in [6.07, 6.45) is 11.2. The summed E-state index contributed by atoms with van der Waals surface area (Å²) in [5.41, 5.74) is 0. The third-order valence-electron chi connectivity index (χ3n) is 3.04. The van der Waals surface area contributed by atoms with E-state index in [1.54, 1.807) is 0 Å². The van der Waals surface area contributed by atoms with Crippen molar-refractivity contribution in [3.05, 3.63) is 12.3 Å². The lowest BCUT2D eigenvalue weighted by Gasteiger charge is -2.28. The van der Waals surface area contributed by atoms with E-state index in [4.69, 9.17) is 0 Å². The second-order valence-electron chi connectivity index (χ2n) is 4.14. The van der Waals surface area contributed by atoms with E-state index >= 15 is 0 Å². The molecule has 76 valence electrons. The van der Waals surface area contributed by atoms with E-state index in [9.17, 15) is 0 Å². The third kappa shape index (κ3) is 3.41. The Kier molecular flexibility index (Phi) is 4.95. The first-order chi connectivity index (χ1) is 6.38. The topological polar surface area (TPSA) is 12.0 Å². The number of rotatable bonds is 5. The second kappa shape index (κ2) is 6.06. The molecular weight excluding hydrogens is 158 g/mol. The maximum atomic E-state index is 3.35. The molecule has 0 fully saturated rings. The van der Waals surface area contributed by atoms with Gasteiger partial charge in [-0.25, -0.2) is 0 Å². The Morgan fingerprint density at radius 3 is 2.46 bits per heavy atom. The highest BCUT2D eigenvalue weighted by Crippen LogP contribution is 2.26. The zero-order valence-corrected chi connectivity index (χ0v) is 9.05. The van der Waals surface area contributed by atoms with Gasteiger partial charge in [0.05, 0.1) is 0 Å². The van der Waals surface area contributed by atoms with Crippen LogP contribution < -0.4 is 5.32 Å². The molecule has 0 bridgehead atoms. The summed E-state index contributed by atoms with van der Waals surface area (Å²) in [6.45, 7) is 5.80. The van der Waals surface area contributed by atoms with Crippen LogP contribution in [0, 0.1) is 11.8 Å². The minimum absolute atomic E-state index is 0.893. The highest BCUT2D eigenvalue weighted by molar-refractivity contribution is 4.91. The van der Waals surface area contributed by atoms with Gasteiger partial charge in [-0.15, -0.1) is 0 Å². The van der Waals surface area contributed by atoms with Crippen molar-refractivity contribution in [2.45, 2.75) is 46.0 Å². The molecule has 13 heavy (non-hydrogen) atoms. The lowest BCUT2D eigenvalue weighted by Crippen LogP contribution is -2.28. The fraction of sp³-hybridized carbons (Fsp3) is 0.833. The van der Waals surface area contributed by atoms with Crippen molar-refractivity contribution >= 4 is 0 Å². The number of nitrogens with one attached hydrogen (secondary N) is 1. The first-order valence-electron chi connectivity index (χ1n) is 5.76. The van der Waals surface area contributed by atoms with Gasteiger partial charge in [-0.1, -0.05) is 45.6 Å². The molecule has 1 heterocycles. The van der Waals surface area contributed by atoms with Crippen LogP contribution >= 0.6 is 0 Å². The Bertz CT molecular complexity index is 145. The molecule has 0 aliphatic carbocycles. The molecule has 0 aromatic heterocycles. The smallest absolute Gasteiger partial charge is 0.0175 e. The zero-order valence-electron chi connectivity index (χ0n) is 9.05. The van der Waals surface area contributed by atoms with Crippen LogP contribution in [-0.2, 0) is 0 Å². The van der Waals surface area contributed by atoms with Gasteiger partial charge in [0, 0.05) is 6.54 Å². The number of hydrogen-bond acceptors (Lipinski definition) is 1. The predicted octanol–water partition coefficient (Wildman–Crippen LogP) is 3.33. The lowest BCUT2D eigenvalue weighted by molar-refractivity contribution is 0.281. The van der Waals surface area contributed by atoms with Gasteiger partial charge < -0.3 is 5.32 Å². The predicted molar refractivity (Wildman–Crippen MR) is 58.6 cm³/mol. The Hall–Kier alpha value is -0.460. The molecule has 1 heteroatoms. The van der Waals surface area contributed by atoms with Crippen LogP contribution in [0.3, 0.4) is 0 Å². The Labute approximate surface area is 82.6 Å². The molecule has 1 N–H and O–H groups in total.